The Morgan fingerprint density at radius 2 is 2.38 bits per heavy atom. The SMILES string of the molecule is O=CNc1cccc2c1CNCC2. The van der Waals surface area contributed by atoms with Crippen molar-refractivity contribution in [2.75, 3.05) is 11.9 Å². The first kappa shape index (κ1) is 8.26. The smallest absolute Gasteiger partial charge is 0.211 e. The van der Waals surface area contributed by atoms with Crippen LogP contribution in [-0.4, -0.2) is 13.0 Å². The van der Waals surface area contributed by atoms with Crippen molar-refractivity contribution < 1.29 is 4.79 Å². The van der Waals surface area contributed by atoms with Crippen molar-refractivity contribution >= 4 is 12.1 Å². The Morgan fingerprint density at radius 1 is 1.46 bits per heavy atom. The Balaban J connectivity index is 2.39. The molecule has 0 aromatic heterocycles. The van der Waals surface area contributed by atoms with Crippen LogP contribution in [0.4, 0.5) is 5.69 Å². The van der Waals surface area contributed by atoms with E-state index in [2.05, 4.69) is 16.7 Å². The van der Waals surface area contributed by atoms with Gasteiger partial charge in [-0.25, -0.2) is 0 Å². The number of rotatable bonds is 2. The summed E-state index contributed by atoms with van der Waals surface area (Å²) < 4.78 is 0. The summed E-state index contributed by atoms with van der Waals surface area (Å²) in [5, 5.41) is 6.00. The van der Waals surface area contributed by atoms with Gasteiger partial charge < -0.3 is 10.6 Å². The molecule has 2 rings (SSSR count). The topological polar surface area (TPSA) is 41.1 Å². The van der Waals surface area contributed by atoms with Gasteiger partial charge in [-0.05, 0) is 30.2 Å². The summed E-state index contributed by atoms with van der Waals surface area (Å²) >= 11 is 0. The van der Waals surface area contributed by atoms with Crippen molar-refractivity contribution in [2.24, 2.45) is 0 Å². The summed E-state index contributed by atoms with van der Waals surface area (Å²) in [6.45, 7) is 1.88. The quantitative estimate of drug-likeness (QED) is 0.657. The first-order chi connectivity index (χ1) is 6.42. The normalized spacial score (nSPS) is 14.8. The Kier molecular flexibility index (Phi) is 2.27. The number of carbonyl (C=O) groups excluding carboxylic acids is 1. The van der Waals surface area contributed by atoms with E-state index < -0.39 is 0 Å². The molecule has 2 N–H and O–H groups in total. The van der Waals surface area contributed by atoms with Gasteiger partial charge in [-0.1, -0.05) is 12.1 Å². The molecule has 0 saturated carbocycles. The average Bonchev–Trinajstić information content (AvgIpc) is 2.19. The minimum atomic E-state index is 0.726. The van der Waals surface area contributed by atoms with E-state index in [1.165, 1.54) is 11.1 Å². The van der Waals surface area contributed by atoms with Crippen molar-refractivity contribution in [1.29, 1.82) is 0 Å². The van der Waals surface area contributed by atoms with E-state index in [1.807, 2.05) is 12.1 Å². The van der Waals surface area contributed by atoms with Crippen molar-refractivity contribution in [3.8, 4) is 0 Å². The van der Waals surface area contributed by atoms with Gasteiger partial charge in [0.15, 0.2) is 0 Å². The summed E-state index contributed by atoms with van der Waals surface area (Å²) in [5.74, 6) is 0. The number of hydrogen-bond donors (Lipinski definition) is 2. The van der Waals surface area contributed by atoms with Crippen molar-refractivity contribution in [2.45, 2.75) is 13.0 Å². The molecule has 1 heterocycles. The van der Waals surface area contributed by atoms with Gasteiger partial charge in [-0.3, -0.25) is 4.79 Å². The van der Waals surface area contributed by atoms with Crippen LogP contribution in [-0.2, 0) is 17.8 Å². The summed E-state index contributed by atoms with van der Waals surface area (Å²) in [6, 6.07) is 6.03. The molecule has 0 aliphatic carbocycles. The molecule has 0 unspecified atom stereocenters. The minimum Gasteiger partial charge on any atom is -0.328 e. The monoisotopic (exact) mass is 176 g/mol. The predicted octanol–water partition coefficient (Wildman–Crippen LogP) is 0.901. The standard InChI is InChI=1S/C10H12N2O/c13-7-12-10-3-1-2-8-4-5-11-6-9(8)10/h1-3,7,11H,4-6H2,(H,12,13). The number of benzene rings is 1. The maximum absolute atomic E-state index is 10.3. The second-order valence-electron chi connectivity index (χ2n) is 3.13. The number of carbonyl (C=O) groups is 1. The number of hydrogen-bond acceptors (Lipinski definition) is 2. The lowest BCUT2D eigenvalue weighted by Gasteiger charge is -2.19. The molecule has 1 aliphatic rings. The zero-order chi connectivity index (χ0) is 9.10. The molecular formula is C10H12N2O. The highest BCUT2D eigenvalue weighted by Crippen LogP contribution is 2.22. The van der Waals surface area contributed by atoms with Gasteiger partial charge in [0, 0.05) is 12.2 Å². The molecule has 1 amide bonds. The maximum atomic E-state index is 10.3. The van der Waals surface area contributed by atoms with Gasteiger partial charge in [0.1, 0.15) is 0 Å². The average molecular weight is 176 g/mol. The fourth-order valence-corrected chi connectivity index (χ4v) is 1.71. The number of nitrogens with one attached hydrogen (secondary N) is 2. The van der Waals surface area contributed by atoms with Crippen LogP contribution in [0.15, 0.2) is 18.2 Å². The Bertz CT molecular complexity index is 323. The molecule has 3 nitrogen and oxygen atoms in total. The molecule has 0 atom stereocenters. The largest absolute Gasteiger partial charge is 0.328 e. The van der Waals surface area contributed by atoms with Crippen molar-refractivity contribution in [1.82, 2.24) is 5.32 Å². The van der Waals surface area contributed by atoms with Crippen molar-refractivity contribution in [3.63, 3.8) is 0 Å². The van der Waals surface area contributed by atoms with Gasteiger partial charge in [0.05, 0.1) is 0 Å². The maximum Gasteiger partial charge on any atom is 0.211 e. The van der Waals surface area contributed by atoms with Crippen LogP contribution < -0.4 is 10.6 Å². The molecular weight excluding hydrogens is 164 g/mol. The van der Waals surface area contributed by atoms with Crippen LogP contribution in [0.1, 0.15) is 11.1 Å². The highest BCUT2D eigenvalue weighted by molar-refractivity contribution is 5.74. The molecule has 0 saturated heterocycles. The highest BCUT2D eigenvalue weighted by Gasteiger charge is 2.11. The predicted molar refractivity (Wildman–Crippen MR) is 51.5 cm³/mol. The third kappa shape index (κ3) is 1.55. The van der Waals surface area contributed by atoms with E-state index in [0.717, 1.165) is 31.6 Å². The van der Waals surface area contributed by atoms with E-state index in [9.17, 15) is 4.79 Å². The molecule has 3 heteroatoms. The summed E-state index contributed by atoms with van der Waals surface area (Å²) in [5.41, 5.74) is 3.49. The molecule has 1 aromatic carbocycles. The van der Waals surface area contributed by atoms with Crippen LogP contribution in [0.25, 0.3) is 0 Å². The molecule has 0 bridgehead atoms. The van der Waals surface area contributed by atoms with Gasteiger partial charge in [0.2, 0.25) is 6.41 Å². The molecule has 1 aromatic rings. The second-order valence-corrected chi connectivity index (χ2v) is 3.13. The molecule has 68 valence electrons. The van der Waals surface area contributed by atoms with Gasteiger partial charge in [-0.15, -0.1) is 0 Å². The fourth-order valence-electron chi connectivity index (χ4n) is 1.71. The minimum absolute atomic E-state index is 0.726. The summed E-state index contributed by atoms with van der Waals surface area (Å²) in [7, 11) is 0. The number of anilines is 1. The first-order valence-electron chi connectivity index (χ1n) is 4.43. The van der Waals surface area contributed by atoms with E-state index in [-0.39, 0.29) is 0 Å². The Labute approximate surface area is 77.1 Å². The van der Waals surface area contributed by atoms with Gasteiger partial charge in [0.25, 0.3) is 0 Å². The number of fused-ring (bicyclic) bond motifs is 1. The Morgan fingerprint density at radius 3 is 3.23 bits per heavy atom. The fraction of sp³-hybridized carbons (Fsp3) is 0.300. The second kappa shape index (κ2) is 3.58. The first-order valence-corrected chi connectivity index (χ1v) is 4.43. The van der Waals surface area contributed by atoms with E-state index in [0.29, 0.717) is 0 Å². The molecule has 13 heavy (non-hydrogen) atoms. The summed E-state index contributed by atoms with van der Waals surface area (Å²) in [6.07, 6.45) is 1.77. The zero-order valence-corrected chi connectivity index (χ0v) is 7.34. The van der Waals surface area contributed by atoms with Crippen LogP contribution in [0, 0.1) is 0 Å². The van der Waals surface area contributed by atoms with Crippen LogP contribution >= 0.6 is 0 Å². The molecule has 0 spiro atoms. The van der Waals surface area contributed by atoms with E-state index in [1.54, 1.807) is 0 Å². The molecule has 0 radical (unpaired) electrons. The lowest BCUT2D eigenvalue weighted by molar-refractivity contribution is -0.105. The lowest BCUT2D eigenvalue weighted by atomic mass is 9.99. The van der Waals surface area contributed by atoms with Crippen LogP contribution in [0.2, 0.25) is 0 Å². The lowest BCUT2D eigenvalue weighted by Crippen LogP contribution is -2.24. The highest BCUT2D eigenvalue weighted by atomic mass is 16.1. The Hall–Kier alpha value is -1.35. The van der Waals surface area contributed by atoms with E-state index >= 15 is 0 Å². The summed E-state index contributed by atoms with van der Waals surface area (Å²) in [4.78, 5) is 10.3. The zero-order valence-electron chi connectivity index (χ0n) is 7.34. The van der Waals surface area contributed by atoms with Crippen molar-refractivity contribution in [3.05, 3.63) is 29.3 Å². The molecule has 1 aliphatic heterocycles. The van der Waals surface area contributed by atoms with Gasteiger partial charge in [-0.2, -0.15) is 0 Å². The third-order valence-electron chi connectivity index (χ3n) is 2.36. The third-order valence-corrected chi connectivity index (χ3v) is 2.36. The molecule has 0 fully saturated rings. The van der Waals surface area contributed by atoms with E-state index in [4.69, 9.17) is 0 Å². The van der Waals surface area contributed by atoms with Crippen LogP contribution in [0.5, 0.6) is 0 Å². The van der Waals surface area contributed by atoms with Crippen LogP contribution in [0.3, 0.4) is 0 Å². The number of amides is 1. The van der Waals surface area contributed by atoms with Gasteiger partial charge >= 0.3 is 0 Å².